The Balaban J connectivity index is 2.02. The first-order chi connectivity index (χ1) is 8.62. The number of nitrogens with one attached hydrogen (secondary N) is 1. The van der Waals surface area contributed by atoms with Gasteiger partial charge in [0.15, 0.2) is 0 Å². The Morgan fingerprint density at radius 3 is 2.39 bits per heavy atom. The molecular weight excluding hydrogens is 220 g/mol. The quantitative estimate of drug-likeness (QED) is 0.773. The summed E-state index contributed by atoms with van der Waals surface area (Å²) in [5.74, 6) is 0. The maximum Gasteiger partial charge on any atom is 0.0253 e. The summed E-state index contributed by atoms with van der Waals surface area (Å²) in [5, 5.41) is 3.74. The van der Waals surface area contributed by atoms with Crippen molar-refractivity contribution < 1.29 is 0 Å². The smallest absolute Gasteiger partial charge is 0.0253 e. The van der Waals surface area contributed by atoms with Crippen molar-refractivity contribution in [3.63, 3.8) is 0 Å². The Kier molecular flexibility index (Phi) is 5.08. The summed E-state index contributed by atoms with van der Waals surface area (Å²) in [5.41, 5.74) is 0.302. The minimum Gasteiger partial charge on any atom is -0.309 e. The van der Waals surface area contributed by atoms with Gasteiger partial charge in [0.1, 0.15) is 0 Å². The van der Waals surface area contributed by atoms with Crippen molar-refractivity contribution in [3.05, 3.63) is 0 Å². The van der Waals surface area contributed by atoms with E-state index in [1.54, 1.807) is 0 Å². The van der Waals surface area contributed by atoms with E-state index in [2.05, 4.69) is 31.0 Å². The van der Waals surface area contributed by atoms with Gasteiger partial charge in [0.25, 0.3) is 0 Å². The third-order valence-corrected chi connectivity index (χ3v) is 4.78. The van der Waals surface area contributed by atoms with Crippen LogP contribution in [-0.2, 0) is 0 Å². The van der Waals surface area contributed by atoms with Crippen LogP contribution in [0.1, 0.15) is 72.1 Å². The normalized spacial score (nSPS) is 31.2. The SMILES string of the molecule is CCCC1CNC(C)(C)CN1C1CCCCCC1. The average molecular weight is 252 g/mol. The second kappa shape index (κ2) is 6.38. The molecule has 1 N–H and O–H groups in total. The molecule has 2 heteroatoms. The molecule has 1 aliphatic heterocycles. The van der Waals surface area contributed by atoms with Crippen molar-refractivity contribution in [2.45, 2.75) is 89.8 Å². The van der Waals surface area contributed by atoms with Crippen molar-refractivity contribution in [3.8, 4) is 0 Å². The van der Waals surface area contributed by atoms with Crippen LogP contribution >= 0.6 is 0 Å². The summed E-state index contributed by atoms with van der Waals surface area (Å²) in [4.78, 5) is 2.87. The zero-order valence-electron chi connectivity index (χ0n) is 12.7. The van der Waals surface area contributed by atoms with E-state index in [0.29, 0.717) is 5.54 Å². The third kappa shape index (κ3) is 3.71. The zero-order valence-corrected chi connectivity index (χ0v) is 12.7. The molecular formula is C16H32N2. The molecule has 106 valence electrons. The second-order valence-corrected chi connectivity index (χ2v) is 7.03. The monoisotopic (exact) mass is 252 g/mol. The van der Waals surface area contributed by atoms with Gasteiger partial charge in [-0.15, -0.1) is 0 Å². The molecule has 1 saturated heterocycles. The molecule has 0 aromatic heterocycles. The number of rotatable bonds is 3. The van der Waals surface area contributed by atoms with Crippen LogP contribution < -0.4 is 5.32 Å². The van der Waals surface area contributed by atoms with Crippen LogP contribution in [0.4, 0.5) is 0 Å². The fourth-order valence-corrected chi connectivity index (χ4v) is 3.77. The van der Waals surface area contributed by atoms with Crippen LogP contribution in [0, 0.1) is 0 Å². The molecule has 1 atom stereocenters. The predicted octanol–water partition coefficient (Wildman–Crippen LogP) is 3.56. The van der Waals surface area contributed by atoms with Crippen molar-refractivity contribution in [1.29, 1.82) is 0 Å². The molecule has 2 rings (SSSR count). The van der Waals surface area contributed by atoms with Gasteiger partial charge in [-0.2, -0.15) is 0 Å². The molecule has 2 aliphatic rings. The largest absolute Gasteiger partial charge is 0.309 e. The van der Waals surface area contributed by atoms with Crippen LogP contribution in [0.15, 0.2) is 0 Å². The van der Waals surface area contributed by atoms with E-state index in [1.165, 1.54) is 64.5 Å². The van der Waals surface area contributed by atoms with Crippen molar-refractivity contribution >= 4 is 0 Å². The standard InChI is InChI=1S/C16H32N2/c1-4-9-15-12-17-16(2,3)13-18(15)14-10-7-5-6-8-11-14/h14-15,17H,4-13H2,1-3H3. The third-order valence-electron chi connectivity index (χ3n) is 4.78. The fraction of sp³-hybridized carbons (Fsp3) is 1.00. The molecule has 0 radical (unpaired) electrons. The summed E-state index contributed by atoms with van der Waals surface area (Å²) in [6.07, 6.45) is 11.4. The second-order valence-electron chi connectivity index (χ2n) is 7.03. The lowest BCUT2D eigenvalue weighted by atomic mass is 9.93. The summed E-state index contributed by atoms with van der Waals surface area (Å²) in [6.45, 7) is 9.47. The Morgan fingerprint density at radius 1 is 1.11 bits per heavy atom. The highest BCUT2D eigenvalue weighted by molar-refractivity contribution is 4.95. The van der Waals surface area contributed by atoms with E-state index in [4.69, 9.17) is 0 Å². The Hall–Kier alpha value is -0.0800. The highest BCUT2D eigenvalue weighted by atomic mass is 15.3. The van der Waals surface area contributed by atoms with Crippen molar-refractivity contribution in [2.75, 3.05) is 13.1 Å². The minimum atomic E-state index is 0.302. The number of hydrogen-bond donors (Lipinski definition) is 1. The lowest BCUT2D eigenvalue weighted by molar-refractivity contribution is 0.0428. The summed E-state index contributed by atoms with van der Waals surface area (Å²) >= 11 is 0. The lowest BCUT2D eigenvalue weighted by Gasteiger charge is -2.48. The molecule has 0 aromatic rings. The molecule has 2 nitrogen and oxygen atoms in total. The van der Waals surface area contributed by atoms with Gasteiger partial charge < -0.3 is 5.32 Å². The Bertz CT molecular complexity index is 241. The number of hydrogen-bond acceptors (Lipinski definition) is 2. The summed E-state index contributed by atoms with van der Waals surface area (Å²) < 4.78 is 0. The molecule has 0 amide bonds. The van der Waals surface area contributed by atoms with Crippen LogP contribution in [0.3, 0.4) is 0 Å². The van der Waals surface area contributed by atoms with Gasteiger partial charge in [0.05, 0.1) is 0 Å². The van der Waals surface area contributed by atoms with E-state index in [9.17, 15) is 0 Å². The molecule has 2 fully saturated rings. The van der Waals surface area contributed by atoms with Gasteiger partial charge in [-0.1, -0.05) is 39.0 Å². The first-order valence-corrected chi connectivity index (χ1v) is 8.13. The van der Waals surface area contributed by atoms with Gasteiger partial charge in [0.2, 0.25) is 0 Å². The molecule has 1 heterocycles. The van der Waals surface area contributed by atoms with Gasteiger partial charge in [-0.05, 0) is 33.1 Å². The minimum absolute atomic E-state index is 0.302. The number of nitrogens with zero attached hydrogens (tertiary/aromatic N) is 1. The first kappa shape index (κ1) is 14.3. The van der Waals surface area contributed by atoms with Crippen molar-refractivity contribution in [1.82, 2.24) is 10.2 Å². The summed E-state index contributed by atoms with van der Waals surface area (Å²) in [6, 6.07) is 1.65. The highest BCUT2D eigenvalue weighted by Gasteiger charge is 2.35. The Morgan fingerprint density at radius 2 is 1.78 bits per heavy atom. The average Bonchev–Trinajstić information content (AvgIpc) is 2.60. The highest BCUT2D eigenvalue weighted by Crippen LogP contribution is 2.28. The van der Waals surface area contributed by atoms with Crippen LogP contribution in [-0.4, -0.2) is 35.6 Å². The van der Waals surface area contributed by atoms with E-state index in [-0.39, 0.29) is 0 Å². The van der Waals surface area contributed by atoms with Gasteiger partial charge in [-0.25, -0.2) is 0 Å². The van der Waals surface area contributed by atoms with Gasteiger partial charge in [0, 0.05) is 30.7 Å². The predicted molar refractivity (Wildman–Crippen MR) is 79.0 cm³/mol. The van der Waals surface area contributed by atoms with E-state index >= 15 is 0 Å². The first-order valence-electron chi connectivity index (χ1n) is 8.13. The molecule has 0 spiro atoms. The molecule has 1 unspecified atom stereocenters. The van der Waals surface area contributed by atoms with E-state index < -0.39 is 0 Å². The number of piperazine rings is 1. The molecule has 1 saturated carbocycles. The maximum absolute atomic E-state index is 3.74. The van der Waals surface area contributed by atoms with Crippen LogP contribution in [0.5, 0.6) is 0 Å². The topological polar surface area (TPSA) is 15.3 Å². The van der Waals surface area contributed by atoms with Crippen LogP contribution in [0.2, 0.25) is 0 Å². The van der Waals surface area contributed by atoms with Crippen molar-refractivity contribution in [2.24, 2.45) is 0 Å². The Labute approximate surface area is 114 Å². The molecule has 18 heavy (non-hydrogen) atoms. The maximum atomic E-state index is 3.74. The van der Waals surface area contributed by atoms with Crippen LogP contribution in [0.25, 0.3) is 0 Å². The van der Waals surface area contributed by atoms with Gasteiger partial charge >= 0.3 is 0 Å². The molecule has 0 bridgehead atoms. The zero-order chi connectivity index (χ0) is 13.0. The van der Waals surface area contributed by atoms with E-state index in [0.717, 1.165) is 12.1 Å². The molecule has 1 aliphatic carbocycles. The summed E-state index contributed by atoms with van der Waals surface area (Å²) in [7, 11) is 0. The van der Waals surface area contributed by atoms with Gasteiger partial charge in [-0.3, -0.25) is 4.90 Å². The van der Waals surface area contributed by atoms with E-state index in [1.807, 2.05) is 0 Å². The lowest BCUT2D eigenvalue weighted by Crippen LogP contribution is -2.63. The fourth-order valence-electron chi connectivity index (χ4n) is 3.77. The molecule has 0 aromatic carbocycles.